The SMILES string of the molecule is C#CCNC(=S)NOC1CCCC1. The van der Waals surface area contributed by atoms with Gasteiger partial charge in [-0.3, -0.25) is 4.84 Å². The van der Waals surface area contributed by atoms with Crippen molar-refractivity contribution >= 4 is 17.3 Å². The van der Waals surface area contributed by atoms with E-state index in [4.69, 9.17) is 23.5 Å². The molecule has 0 aromatic rings. The molecular formula is C9H14N2OS. The predicted octanol–water partition coefficient (Wildman–Crippen LogP) is 0.958. The molecule has 0 aliphatic heterocycles. The summed E-state index contributed by atoms with van der Waals surface area (Å²) in [6.07, 6.45) is 10.1. The van der Waals surface area contributed by atoms with Gasteiger partial charge in [0.2, 0.25) is 0 Å². The molecule has 0 aromatic carbocycles. The van der Waals surface area contributed by atoms with Crippen LogP contribution in [-0.2, 0) is 4.84 Å². The molecular weight excluding hydrogens is 184 g/mol. The Balaban J connectivity index is 2.04. The lowest BCUT2D eigenvalue weighted by molar-refractivity contribution is 0.0147. The maximum absolute atomic E-state index is 5.34. The Labute approximate surface area is 84.2 Å². The Morgan fingerprint density at radius 1 is 1.54 bits per heavy atom. The van der Waals surface area contributed by atoms with Crippen molar-refractivity contribution in [1.82, 2.24) is 10.8 Å². The summed E-state index contributed by atoms with van der Waals surface area (Å²) >= 11 is 4.91. The molecule has 0 saturated heterocycles. The van der Waals surface area contributed by atoms with Crippen molar-refractivity contribution in [2.45, 2.75) is 31.8 Å². The van der Waals surface area contributed by atoms with E-state index in [1.54, 1.807) is 0 Å². The zero-order chi connectivity index (χ0) is 9.52. The number of hydrogen-bond donors (Lipinski definition) is 2. The van der Waals surface area contributed by atoms with Gasteiger partial charge in [0.1, 0.15) is 0 Å². The van der Waals surface area contributed by atoms with Gasteiger partial charge in [-0.05, 0) is 25.1 Å². The summed E-state index contributed by atoms with van der Waals surface area (Å²) in [6.45, 7) is 0.430. The first-order chi connectivity index (χ1) is 6.33. The molecule has 1 aliphatic rings. The standard InChI is InChI=1S/C9H14N2OS/c1-2-7-10-9(13)11-12-8-5-3-4-6-8/h1,8H,3-7H2,(H2,10,11,13). The highest BCUT2D eigenvalue weighted by Crippen LogP contribution is 2.19. The summed E-state index contributed by atoms with van der Waals surface area (Å²) in [7, 11) is 0. The minimum absolute atomic E-state index is 0.311. The highest BCUT2D eigenvalue weighted by Gasteiger charge is 2.15. The Morgan fingerprint density at radius 2 is 2.23 bits per heavy atom. The van der Waals surface area contributed by atoms with Crippen molar-refractivity contribution < 1.29 is 4.84 Å². The van der Waals surface area contributed by atoms with Gasteiger partial charge in [-0.25, -0.2) is 5.48 Å². The van der Waals surface area contributed by atoms with Crippen LogP contribution in [0.5, 0.6) is 0 Å². The molecule has 72 valence electrons. The van der Waals surface area contributed by atoms with E-state index in [0.717, 1.165) is 12.8 Å². The van der Waals surface area contributed by atoms with E-state index >= 15 is 0 Å². The average Bonchev–Trinajstić information content (AvgIpc) is 2.64. The molecule has 0 amide bonds. The van der Waals surface area contributed by atoms with Crippen molar-refractivity contribution in [2.24, 2.45) is 0 Å². The first kappa shape index (κ1) is 10.3. The van der Waals surface area contributed by atoms with Crippen LogP contribution in [-0.4, -0.2) is 17.8 Å². The van der Waals surface area contributed by atoms with Crippen molar-refractivity contribution in [3.05, 3.63) is 0 Å². The lowest BCUT2D eigenvalue weighted by Crippen LogP contribution is -2.37. The second kappa shape index (κ2) is 5.79. The molecule has 0 atom stereocenters. The molecule has 1 fully saturated rings. The molecule has 2 N–H and O–H groups in total. The van der Waals surface area contributed by atoms with E-state index in [9.17, 15) is 0 Å². The molecule has 4 heteroatoms. The Hall–Kier alpha value is -0.790. The third-order valence-electron chi connectivity index (χ3n) is 1.97. The van der Waals surface area contributed by atoms with Crippen LogP contribution < -0.4 is 10.8 Å². The maximum atomic E-state index is 5.34. The van der Waals surface area contributed by atoms with Crippen LogP contribution in [0.25, 0.3) is 0 Å². The smallest absolute Gasteiger partial charge is 0.191 e. The summed E-state index contributed by atoms with van der Waals surface area (Å²) in [6, 6.07) is 0. The molecule has 0 bridgehead atoms. The summed E-state index contributed by atoms with van der Waals surface area (Å²) in [5.74, 6) is 2.43. The molecule has 1 saturated carbocycles. The first-order valence-corrected chi connectivity index (χ1v) is 4.86. The largest absolute Gasteiger partial charge is 0.350 e. The van der Waals surface area contributed by atoms with E-state index in [2.05, 4.69) is 16.7 Å². The summed E-state index contributed by atoms with van der Waals surface area (Å²) < 4.78 is 0. The topological polar surface area (TPSA) is 33.3 Å². The number of terminal acetylenes is 1. The number of thiocarbonyl (C=S) groups is 1. The fourth-order valence-electron chi connectivity index (χ4n) is 1.31. The van der Waals surface area contributed by atoms with Crippen LogP contribution in [0.1, 0.15) is 25.7 Å². The highest BCUT2D eigenvalue weighted by molar-refractivity contribution is 7.80. The van der Waals surface area contributed by atoms with Gasteiger partial charge in [0, 0.05) is 0 Å². The van der Waals surface area contributed by atoms with Crippen molar-refractivity contribution in [3.63, 3.8) is 0 Å². The number of rotatable bonds is 3. The molecule has 0 radical (unpaired) electrons. The van der Waals surface area contributed by atoms with Crippen LogP contribution >= 0.6 is 12.2 Å². The lowest BCUT2D eigenvalue weighted by Gasteiger charge is -2.12. The van der Waals surface area contributed by atoms with Crippen LogP contribution in [0.3, 0.4) is 0 Å². The number of hydroxylamine groups is 1. The monoisotopic (exact) mass is 198 g/mol. The fourth-order valence-corrected chi connectivity index (χ4v) is 1.43. The predicted molar refractivity (Wildman–Crippen MR) is 55.9 cm³/mol. The molecule has 0 unspecified atom stereocenters. The fraction of sp³-hybridized carbons (Fsp3) is 0.667. The third kappa shape index (κ3) is 4.11. The van der Waals surface area contributed by atoms with E-state index < -0.39 is 0 Å². The van der Waals surface area contributed by atoms with E-state index in [0.29, 0.717) is 17.8 Å². The van der Waals surface area contributed by atoms with E-state index in [-0.39, 0.29) is 0 Å². The Bertz CT molecular complexity index is 206. The second-order valence-corrected chi connectivity index (χ2v) is 3.42. The van der Waals surface area contributed by atoms with Crippen LogP contribution in [0.2, 0.25) is 0 Å². The van der Waals surface area contributed by atoms with Crippen LogP contribution in [0, 0.1) is 12.3 Å². The normalized spacial score (nSPS) is 16.5. The zero-order valence-electron chi connectivity index (χ0n) is 7.51. The van der Waals surface area contributed by atoms with Gasteiger partial charge in [-0.15, -0.1) is 6.42 Å². The first-order valence-electron chi connectivity index (χ1n) is 4.46. The number of hydrogen-bond acceptors (Lipinski definition) is 2. The third-order valence-corrected chi connectivity index (χ3v) is 2.20. The van der Waals surface area contributed by atoms with Gasteiger partial charge < -0.3 is 5.32 Å². The van der Waals surface area contributed by atoms with Gasteiger partial charge in [-0.2, -0.15) is 0 Å². The van der Waals surface area contributed by atoms with E-state index in [1.165, 1.54) is 12.8 Å². The second-order valence-electron chi connectivity index (χ2n) is 3.01. The van der Waals surface area contributed by atoms with Crippen molar-refractivity contribution in [2.75, 3.05) is 6.54 Å². The molecule has 0 heterocycles. The highest BCUT2D eigenvalue weighted by atomic mass is 32.1. The Morgan fingerprint density at radius 3 is 2.85 bits per heavy atom. The molecule has 0 aromatic heterocycles. The van der Waals surface area contributed by atoms with Gasteiger partial charge in [0.15, 0.2) is 5.11 Å². The van der Waals surface area contributed by atoms with Gasteiger partial charge in [-0.1, -0.05) is 18.8 Å². The lowest BCUT2D eigenvalue weighted by atomic mass is 10.3. The summed E-state index contributed by atoms with van der Waals surface area (Å²) in [5, 5.41) is 3.28. The summed E-state index contributed by atoms with van der Waals surface area (Å²) in [5.41, 5.74) is 2.68. The number of nitrogens with one attached hydrogen (secondary N) is 2. The Kier molecular flexibility index (Phi) is 4.58. The van der Waals surface area contributed by atoms with Gasteiger partial charge in [0.25, 0.3) is 0 Å². The quantitative estimate of drug-likeness (QED) is 0.402. The molecule has 1 rings (SSSR count). The van der Waals surface area contributed by atoms with Gasteiger partial charge >= 0.3 is 0 Å². The van der Waals surface area contributed by atoms with Crippen molar-refractivity contribution in [3.8, 4) is 12.3 Å². The molecule has 0 spiro atoms. The summed E-state index contributed by atoms with van der Waals surface area (Å²) in [4.78, 5) is 5.34. The van der Waals surface area contributed by atoms with Crippen LogP contribution in [0.4, 0.5) is 0 Å². The molecule has 13 heavy (non-hydrogen) atoms. The van der Waals surface area contributed by atoms with Crippen LogP contribution in [0.15, 0.2) is 0 Å². The van der Waals surface area contributed by atoms with Gasteiger partial charge in [0.05, 0.1) is 12.6 Å². The van der Waals surface area contributed by atoms with Crippen molar-refractivity contribution in [1.29, 1.82) is 0 Å². The zero-order valence-corrected chi connectivity index (χ0v) is 8.32. The average molecular weight is 198 g/mol. The maximum Gasteiger partial charge on any atom is 0.191 e. The molecule has 1 aliphatic carbocycles. The molecule has 3 nitrogen and oxygen atoms in total. The van der Waals surface area contributed by atoms with E-state index in [1.807, 2.05) is 0 Å². The minimum Gasteiger partial charge on any atom is -0.350 e. The minimum atomic E-state index is 0.311.